The topological polar surface area (TPSA) is 37.8 Å². The minimum Gasteiger partial charge on any atom is -0.354 e. The van der Waals surface area contributed by atoms with E-state index in [0.29, 0.717) is 11.1 Å². The van der Waals surface area contributed by atoms with Gasteiger partial charge in [-0.05, 0) is 43.6 Å². The summed E-state index contributed by atoms with van der Waals surface area (Å²) in [4.78, 5) is 9.70. The van der Waals surface area contributed by atoms with Gasteiger partial charge < -0.3 is 5.32 Å². The average Bonchev–Trinajstić information content (AvgIpc) is 2.89. The van der Waals surface area contributed by atoms with E-state index < -0.39 is 0 Å². The van der Waals surface area contributed by atoms with Crippen molar-refractivity contribution in [1.29, 1.82) is 0 Å². The lowest BCUT2D eigenvalue weighted by molar-refractivity contribution is 0.679. The third-order valence-corrected chi connectivity index (χ3v) is 4.49. The van der Waals surface area contributed by atoms with Crippen LogP contribution in [0.3, 0.4) is 0 Å². The maximum Gasteiger partial charge on any atom is 0.225 e. The van der Waals surface area contributed by atoms with Crippen LogP contribution in [0, 0.1) is 0 Å². The zero-order valence-electron chi connectivity index (χ0n) is 10.7. The van der Waals surface area contributed by atoms with Gasteiger partial charge in [0.2, 0.25) is 5.95 Å². The molecule has 3 rings (SSSR count). The number of nitrogens with zero attached hydrogens (tertiary/aromatic N) is 2. The molecule has 19 heavy (non-hydrogen) atoms. The summed E-state index contributed by atoms with van der Waals surface area (Å²) >= 11 is 7.73. The minimum atomic E-state index is 0.533. The van der Waals surface area contributed by atoms with Crippen molar-refractivity contribution in [2.75, 3.05) is 11.9 Å². The van der Waals surface area contributed by atoms with Crippen molar-refractivity contribution in [3.8, 4) is 0 Å². The molecule has 0 aliphatic heterocycles. The van der Waals surface area contributed by atoms with Gasteiger partial charge >= 0.3 is 0 Å². The summed E-state index contributed by atoms with van der Waals surface area (Å²) in [5.41, 5.74) is 1.56. The van der Waals surface area contributed by atoms with E-state index in [-0.39, 0.29) is 0 Å². The van der Waals surface area contributed by atoms with Gasteiger partial charge in [-0.1, -0.05) is 23.3 Å². The highest BCUT2D eigenvalue weighted by Gasteiger charge is 2.07. The lowest BCUT2D eigenvalue weighted by atomic mass is 9.97. The van der Waals surface area contributed by atoms with Crippen molar-refractivity contribution in [2.24, 2.45) is 0 Å². The average molecular weight is 294 g/mol. The first-order valence-electron chi connectivity index (χ1n) is 6.65. The maximum atomic E-state index is 6.14. The second kappa shape index (κ2) is 5.88. The van der Waals surface area contributed by atoms with Crippen LogP contribution in [0.15, 0.2) is 23.1 Å². The van der Waals surface area contributed by atoms with E-state index in [9.17, 15) is 0 Å². The van der Waals surface area contributed by atoms with Crippen LogP contribution in [-0.2, 0) is 0 Å². The van der Waals surface area contributed by atoms with Crippen LogP contribution < -0.4 is 5.32 Å². The van der Waals surface area contributed by atoms with Crippen LogP contribution in [-0.4, -0.2) is 16.5 Å². The molecule has 0 saturated carbocycles. The summed E-state index contributed by atoms with van der Waals surface area (Å²) in [6.07, 6.45) is 8.59. The number of thiophene rings is 1. The normalized spacial score (nSPS) is 15.5. The van der Waals surface area contributed by atoms with Crippen molar-refractivity contribution >= 4 is 39.1 Å². The maximum absolute atomic E-state index is 6.14. The van der Waals surface area contributed by atoms with Gasteiger partial charge in [0.1, 0.15) is 9.98 Å². The molecule has 2 aromatic rings. The quantitative estimate of drug-likeness (QED) is 0.659. The molecule has 0 aromatic carbocycles. The number of rotatable bonds is 4. The third-order valence-electron chi connectivity index (χ3n) is 3.39. The highest BCUT2D eigenvalue weighted by Crippen LogP contribution is 2.26. The Kier molecular flexibility index (Phi) is 3.99. The van der Waals surface area contributed by atoms with Crippen LogP contribution in [0.1, 0.15) is 32.1 Å². The van der Waals surface area contributed by atoms with Crippen LogP contribution in [0.25, 0.3) is 10.2 Å². The number of anilines is 1. The zero-order valence-corrected chi connectivity index (χ0v) is 12.2. The molecule has 0 amide bonds. The fourth-order valence-corrected chi connectivity index (χ4v) is 3.42. The number of hydrogen-bond donors (Lipinski definition) is 1. The summed E-state index contributed by atoms with van der Waals surface area (Å²) in [5.74, 6) is 0.636. The Labute approximate surface area is 121 Å². The van der Waals surface area contributed by atoms with Crippen molar-refractivity contribution < 1.29 is 0 Å². The number of hydrogen-bond acceptors (Lipinski definition) is 4. The zero-order chi connectivity index (χ0) is 13.1. The molecular weight excluding hydrogens is 278 g/mol. The smallest absolute Gasteiger partial charge is 0.225 e. The van der Waals surface area contributed by atoms with Gasteiger partial charge in [-0.3, -0.25) is 0 Å². The van der Waals surface area contributed by atoms with E-state index in [2.05, 4.69) is 21.4 Å². The number of halogens is 1. The van der Waals surface area contributed by atoms with Gasteiger partial charge in [0.15, 0.2) is 0 Å². The van der Waals surface area contributed by atoms with E-state index in [1.165, 1.54) is 25.7 Å². The van der Waals surface area contributed by atoms with E-state index in [4.69, 9.17) is 11.6 Å². The molecule has 1 aliphatic rings. The molecule has 2 aromatic heterocycles. The molecule has 0 radical (unpaired) electrons. The first-order valence-corrected chi connectivity index (χ1v) is 7.91. The second-order valence-corrected chi connectivity index (χ2v) is 6.01. The van der Waals surface area contributed by atoms with Crippen molar-refractivity contribution in [1.82, 2.24) is 9.97 Å². The molecule has 0 bridgehead atoms. The molecule has 0 unspecified atom stereocenters. The summed E-state index contributed by atoms with van der Waals surface area (Å²) in [6.45, 7) is 0.874. The van der Waals surface area contributed by atoms with Gasteiger partial charge in [0, 0.05) is 11.9 Å². The Morgan fingerprint density at radius 1 is 1.32 bits per heavy atom. The lowest BCUT2D eigenvalue weighted by Gasteiger charge is -2.12. The fraction of sp³-hybridized carbons (Fsp3) is 0.429. The first kappa shape index (κ1) is 12.9. The van der Waals surface area contributed by atoms with Crippen LogP contribution in [0.4, 0.5) is 5.95 Å². The predicted octanol–water partition coefficient (Wildman–Crippen LogP) is 4.65. The monoisotopic (exact) mass is 293 g/mol. The van der Waals surface area contributed by atoms with Gasteiger partial charge in [-0.25, -0.2) is 9.97 Å². The van der Waals surface area contributed by atoms with Gasteiger partial charge in [0.25, 0.3) is 0 Å². The van der Waals surface area contributed by atoms with Gasteiger partial charge in [-0.15, -0.1) is 11.3 Å². The Morgan fingerprint density at radius 3 is 3.11 bits per heavy atom. The summed E-state index contributed by atoms with van der Waals surface area (Å²) in [5, 5.41) is 6.73. The number of aromatic nitrogens is 2. The molecule has 0 saturated heterocycles. The lowest BCUT2D eigenvalue weighted by Crippen LogP contribution is -2.07. The Morgan fingerprint density at radius 2 is 2.26 bits per heavy atom. The number of allylic oxidation sites excluding steroid dienone is 1. The minimum absolute atomic E-state index is 0.533. The molecule has 5 heteroatoms. The molecule has 3 nitrogen and oxygen atoms in total. The van der Waals surface area contributed by atoms with E-state index in [1.54, 1.807) is 16.9 Å². The molecular formula is C14H16ClN3S. The summed E-state index contributed by atoms with van der Waals surface area (Å²) in [6, 6.07) is 1.96. The van der Waals surface area contributed by atoms with Crippen LogP contribution in [0.5, 0.6) is 0 Å². The van der Waals surface area contributed by atoms with Gasteiger partial charge in [-0.2, -0.15) is 0 Å². The SMILES string of the molecule is Clc1nc(NCCC2=CCCCC2)nc2sccc12. The number of nitrogens with one attached hydrogen (secondary N) is 1. The highest BCUT2D eigenvalue weighted by atomic mass is 35.5. The molecule has 0 atom stereocenters. The first-order chi connectivity index (χ1) is 9.33. The molecule has 2 heterocycles. The van der Waals surface area contributed by atoms with Gasteiger partial charge in [0.05, 0.1) is 0 Å². The summed E-state index contributed by atoms with van der Waals surface area (Å²) in [7, 11) is 0. The van der Waals surface area contributed by atoms with E-state index >= 15 is 0 Å². The van der Waals surface area contributed by atoms with Crippen molar-refractivity contribution in [2.45, 2.75) is 32.1 Å². The summed E-state index contributed by atoms with van der Waals surface area (Å²) < 4.78 is 0. The van der Waals surface area contributed by atoms with E-state index in [0.717, 1.165) is 23.2 Å². The second-order valence-electron chi connectivity index (χ2n) is 4.76. The predicted molar refractivity (Wildman–Crippen MR) is 82.1 cm³/mol. The molecule has 1 aliphatic carbocycles. The Balaban J connectivity index is 1.63. The number of fused-ring (bicyclic) bond motifs is 1. The van der Waals surface area contributed by atoms with Crippen molar-refractivity contribution in [3.05, 3.63) is 28.2 Å². The highest BCUT2D eigenvalue weighted by molar-refractivity contribution is 7.16. The standard InChI is InChI=1S/C14H16ClN3S/c15-12-11-7-9-19-13(11)18-14(17-12)16-8-6-10-4-2-1-3-5-10/h4,7,9H,1-3,5-6,8H2,(H,16,17,18). The largest absolute Gasteiger partial charge is 0.354 e. The molecule has 0 spiro atoms. The molecule has 0 fully saturated rings. The van der Waals surface area contributed by atoms with Crippen molar-refractivity contribution in [3.63, 3.8) is 0 Å². The van der Waals surface area contributed by atoms with Crippen LogP contribution >= 0.6 is 22.9 Å². The molecule has 100 valence electrons. The molecule has 1 N–H and O–H groups in total. The third kappa shape index (κ3) is 3.07. The van der Waals surface area contributed by atoms with E-state index in [1.807, 2.05) is 11.4 Å². The fourth-order valence-electron chi connectivity index (χ4n) is 2.36. The Bertz CT molecular complexity index is 606. The Hall–Kier alpha value is -1.13. The van der Waals surface area contributed by atoms with Crippen LogP contribution in [0.2, 0.25) is 5.15 Å².